The van der Waals surface area contributed by atoms with Crippen molar-refractivity contribution >= 4 is 0 Å². The Morgan fingerprint density at radius 2 is 2.00 bits per heavy atom. The van der Waals surface area contributed by atoms with Gasteiger partial charge in [-0.2, -0.15) is 8.78 Å². The fraction of sp³-hybridized carbons (Fsp3) is 0.286. The van der Waals surface area contributed by atoms with Crippen LogP contribution in [0.4, 0.5) is 8.78 Å². The van der Waals surface area contributed by atoms with Gasteiger partial charge in [0, 0.05) is 30.0 Å². The molecule has 0 saturated heterocycles. The number of rotatable bonds is 6. The fourth-order valence-corrected chi connectivity index (χ4v) is 1.89. The lowest BCUT2D eigenvalue weighted by atomic mass is 10.1. The number of hydrogen-bond acceptors (Lipinski definition) is 2. The lowest BCUT2D eigenvalue weighted by Crippen LogP contribution is -2.19. The molecule has 0 aliphatic rings. The van der Waals surface area contributed by atoms with Gasteiger partial charge in [0.05, 0.1) is 0 Å². The molecular weight excluding hydrogens is 250 g/mol. The summed E-state index contributed by atoms with van der Waals surface area (Å²) < 4.78 is 29.2. The Labute approximate surface area is 110 Å². The first-order chi connectivity index (χ1) is 9.16. The summed E-state index contributed by atoms with van der Waals surface area (Å²) in [5.74, 6) is 0.212. The highest BCUT2D eigenvalue weighted by atomic mass is 19.3. The maximum absolute atomic E-state index is 12.3. The van der Waals surface area contributed by atoms with Crippen molar-refractivity contribution in [2.24, 2.45) is 0 Å². The molecule has 2 aromatic rings. The number of hydrogen-bond donors (Lipinski definition) is 2. The minimum absolute atomic E-state index is 0.0850. The van der Waals surface area contributed by atoms with Crippen LogP contribution in [0.15, 0.2) is 42.6 Å². The van der Waals surface area contributed by atoms with Crippen LogP contribution in [0.1, 0.15) is 24.2 Å². The minimum atomic E-state index is -2.81. The van der Waals surface area contributed by atoms with Crippen molar-refractivity contribution in [3.63, 3.8) is 0 Å². The molecule has 0 fully saturated rings. The molecule has 2 rings (SSSR count). The summed E-state index contributed by atoms with van der Waals surface area (Å²) in [6.45, 7) is -0.259. The van der Waals surface area contributed by atoms with Crippen LogP contribution in [0.3, 0.4) is 0 Å². The molecule has 0 amide bonds. The molecule has 0 aliphatic carbocycles. The first-order valence-corrected chi connectivity index (χ1v) is 6.06. The van der Waals surface area contributed by atoms with Crippen LogP contribution in [-0.2, 0) is 6.54 Å². The third-order valence-corrected chi connectivity index (χ3v) is 2.86. The highest BCUT2D eigenvalue weighted by molar-refractivity contribution is 5.35. The summed E-state index contributed by atoms with van der Waals surface area (Å²) in [4.78, 5) is 3.08. The van der Waals surface area contributed by atoms with Gasteiger partial charge in [-0.3, -0.25) is 0 Å². The number of H-pyrrole nitrogens is 1. The van der Waals surface area contributed by atoms with E-state index in [2.05, 4.69) is 15.0 Å². The van der Waals surface area contributed by atoms with Crippen LogP contribution in [0, 0.1) is 0 Å². The maximum atomic E-state index is 12.3. The zero-order valence-corrected chi connectivity index (χ0v) is 10.6. The Bertz CT molecular complexity index is 500. The van der Waals surface area contributed by atoms with Gasteiger partial charge in [0.2, 0.25) is 0 Å². The number of alkyl halides is 2. The molecule has 1 atom stereocenters. The predicted octanol–water partition coefficient (Wildman–Crippen LogP) is 3.47. The van der Waals surface area contributed by atoms with Gasteiger partial charge in [-0.05, 0) is 25.1 Å². The van der Waals surface area contributed by atoms with Crippen LogP contribution < -0.4 is 10.1 Å². The summed E-state index contributed by atoms with van der Waals surface area (Å²) in [5, 5.41) is 3.26. The Morgan fingerprint density at radius 1 is 1.21 bits per heavy atom. The number of halogens is 2. The zero-order valence-electron chi connectivity index (χ0n) is 10.6. The van der Waals surface area contributed by atoms with E-state index in [0.717, 1.165) is 5.69 Å². The lowest BCUT2D eigenvalue weighted by molar-refractivity contribution is -0.0506. The van der Waals surface area contributed by atoms with Gasteiger partial charge >= 0.3 is 6.61 Å². The standard InChI is InChI=1S/C14H16F2N2O/c1-10(18-9-11-5-4-8-17-11)12-6-2-3-7-13(12)19-14(15)16/h2-8,10,14,17-18H,9H2,1H3. The van der Waals surface area contributed by atoms with Crippen molar-refractivity contribution in [3.05, 3.63) is 53.9 Å². The second kappa shape index (κ2) is 6.33. The third kappa shape index (κ3) is 3.79. The lowest BCUT2D eigenvalue weighted by Gasteiger charge is -2.17. The van der Waals surface area contributed by atoms with E-state index < -0.39 is 6.61 Å². The van der Waals surface area contributed by atoms with Crippen LogP contribution in [0.2, 0.25) is 0 Å². The molecule has 102 valence electrons. The van der Waals surface area contributed by atoms with E-state index in [0.29, 0.717) is 12.1 Å². The molecule has 0 aliphatic heterocycles. The SMILES string of the molecule is CC(NCc1ccc[nH]1)c1ccccc1OC(F)F. The largest absolute Gasteiger partial charge is 0.434 e. The van der Waals surface area contributed by atoms with E-state index in [1.54, 1.807) is 24.3 Å². The average Bonchev–Trinajstić information content (AvgIpc) is 2.89. The summed E-state index contributed by atoms with van der Waals surface area (Å²) in [7, 11) is 0. The summed E-state index contributed by atoms with van der Waals surface area (Å²) in [6, 6.07) is 10.6. The van der Waals surface area contributed by atoms with E-state index >= 15 is 0 Å². The van der Waals surface area contributed by atoms with Crippen LogP contribution in [-0.4, -0.2) is 11.6 Å². The third-order valence-electron chi connectivity index (χ3n) is 2.86. The molecule has 0 saturated carbocycles. The van der Waals surface area contributed by atoms with Gasteiger partial charge in [-0.1, -0.05) is 18.2 Å². The first kappa shape index (κ1) is 13.5. The molecule has 19 heavy (non-hydrogen) atoms. The second-order valence-corrected chi connectivity index (χ2v) is 4.21. The van der Waals surface area contributed by atoms with Crippen molar-refractivity contribution in [2.45, 2.75) is 26.1 Å². The van der Waals surface area contributed by atoms with Crippen molar-refractivity contribution < 1.29 is 13.5 Å². The van der Waals surface area contributed by atoms with Crippen molar-refractivity contribution in [2.75, 3.05) is 0 Å². The molecule has 1 unspecified atom stereocenters. The quantitative estimate of drug-likeness (QED) is 0.840. The molecule has 1 aromatic carbocycles. The monoisotopic (exact) mass is 266 g/mol. The summed E-state index contributed by atoms with van der Waals surface area (Å²) in [5.41, 5.74) is 1.76. The predicted molar refractivity (Wildman–Crippen MR) is 69.1 cm³/mol. The minimum Gasteiger partial charge on any atom is -0.434 e. The molecular formula is C14H16F2N2O. The normalized spacial score (nSPS) is 12.6. The first-order valence-electron chi connectivity index (χ1n) is 6.06. The van der Waals surface area contributed by atoms with E-state index in [9.17, 15) is 8.78 Å². The molecule has 1 aromatic heterocycles. The zero-order chi connectivity index (χ0) is 13.7. The molecule has 3 nitrogen and oxygen atoms in total. The Hall–Kier alpha value is -1.88. The van der Waals surface area contributed by atoms with Crippen molar-refractivity contribution in [1.82, 2.24) is 10.3 Å². The van der Waals surface area contributed by atoms with Gasteiger partial charge in [-0.25, -0.2) is 0 Å². The van der Waals surface area contributed by atoms with E-state index in [-0.39, 0.29) is 11.8 Å². The summed E-state index contributed by atoms with van der Waals surface area (Å²) >= 11 is 0. The number of para-hydroxylation sites is 1. The van der Waals surface area contributed by atoms with Crippen LogP contribution in [0.5, 0.6) is 5.75 Å². The molecule has 1 heterocycles. The number of ether oxygens (including phenoxy) is 1. The number of benzene rings is 1. The van der Waals surface area contributed by atoms with E-state index in [1.165, 1.54) is 0 Å². The van der Waals surface area contributed by atoms with Crippen molar-refractivity contribution in [3.8, 4) is 5.75 Å². The Morgan fingerprint density at radius 3 is 2.68 bits per heavy atom. The molecule has 2 N–H and O–H groups in total. The smallest absolute Gasteiger partial charge is 0.387 e. The number of nitrogens with one attached hydrogen (secondary N) is 2. The van der Waals surface area contributed by atoms with Crippen LogP contribution >= 0.6 is 0 Å². The maximum Gasteiger partial charge on any atom is 0.387 e. The number of aromatic amines is 1. The molecule has 0 bridgehead atoms. The molecule has 0 spiro atoms. The highest BCUT2D eigenvalue weighted by Gasteiger charge is 2.14. The van der Waals surface area contributed by atoms with Gasteiger partial charge < -0.3 is 15.0 Å². The average molecular weight is 266 g/mol. The van der Waals surface area contributed by atoms with Gasteiger partial charge in [-0.15, -0.1) is 0 Å². The topological polar surface area (TPSA) is 37.0 Å². The summed E-state index contributed by atoms with van der Waals surface area (Å²) in [6.07, 6.45) is 1.84. The van der Waals surface area contributed by atoms with E-state index in [1.807, 2.05) is 25.3 Å². The van der Waals surface area contributed by atoms with Crippen molar-refractivity contribution in [1.29, 1.82) is 0 Å². The Balaban J connectivity index is 2.03. The fourth-order valence-electron chi connectivity index (χ4n) is 1.89. The van der Waals surface area contributed by atoms with E-state index in [4.69, 9.17) is 0 Å². The highest BCUT2D eigenvalue weighted by Crippen LogP contribution is 2.26. The van der Waals surface area contributed by atoms with Gasteiger partial charge in [0.15, 0.2) is 0 Å². The van der Waals surface area contributed by atoms with Gasteiger partial charge in [0.1, 0.15) is 5.75 Å². The molecule has 0 radical (unpaired) electrons. The molecule has 5 heteroatoms. The van der Waals surface area contributed by atoms with Crippen LogP contribution in [0.25, 0.3) is 0 Å². The Kier molecular flexibility index (Phi) is 4.52. The number of aromatic nitrogens is 1. The van der Waals surface area contributed by atoms with Gasteiger partial charge in [0.25, 0.3) is 0 Å². The second-order valence-electron chi connectivity index (χ2n) is 4.21.